The lowest BCUT2D eigenvalue weighted by Gasteiger charge is -2.25. The monoisotopic (exact) mass is 432 g/mol. The quantitative estimate of drug-likeness (QED) is 0.442. The van der Waals surface area contributed by atoms with Crippen molar-refractivity contribution in [1.29, 1.82) is 0 Å². The van der Waals surface area contributed by atoms with Crippen molar-refractivity contribution in [3.8, 4) is 10.8 Å². The molecule has 4 nitrogen and oxygen atoms in total. The smallest absolute Gasteiger partial charge is 0.237 e. The van der Waals surface area contributed by atoms with Crippen LogP contribution in [0.15, 0.2) is 63.5 Å². The minimum Gasteiger partial charge on any atom is -0.467 e. The van der Waals surface area contributed by atoms with Gasteiger partial charge in [0.2, 0.25) is 11.8 Å². The molecule has 1 aliphatic heterocycles. The third-order valence-corrected chi connectivity index (χ3v) is 6.87. The van der Waals surface area contributed by atoms with Gasteiger partial charge in [-0.2, -0.15) is 0 Å². The summed E-state index contributed by atoms with van der Waals surface area (Å²) in [7, 11) is 0. The van der Waals surface area contributed by atoms with Crippen LogP contribution in [0.4, 0.5) is 0 Å². The summed E-state index contributed by atoms with van der Waals surface area (Å²) in [6, 6.07) is 10.4. The van der Waals surface area contributed by atoms with E-state index in [0.717, 1.165) is 20.9 Å². The lowest BCUT2D eigenvalue weighted by Crippen LogP contribution is -2.24. The second-order valence-electron chi connectivity index (χ2n) is 10.4. The van der Waals surface area contributed by atoms with E-state index in [-0.39, 0.29) is 23.0 Å². The normalized spacial score (nSPS) is 21.1. The Morgan fingerprint density at radius 3 is 2.45 bits per heavy atom. The van der Waals surface area contributed by atoms with E-state index in [2.05, 4.69) is 71.9 Å². The number of aliphatic imine (C=N–C) groups is 1. The van der Waals surface area contributed by atoms with E-state index in [0.29, 0.717) is 11.8 Å². The number of hydrogen-bond acceptors (Lipinski definition) is 5. The molecule has 5 heteroatoms. The second kappa shape index (κ2) is 6.92. The number of nitrogens with zero attached hydrogens (tertiary/aromatic N) is 2. The average molecular weight is 433 g/mol. The van der Waals surface area contributed by atoms with Crippen LogP contribution in [0.1, 0.15) is 52.0 Å². The molecule has 0 saturated heterocycles. The SMILES string of the molecule is CC(C)(C)C1=CC2N=C(c3ccc(-c4nc5cc(C(C)(C)C)ccc5o4)s3)OC2C=C1. The molecule has 0 radical (unpaired) electrons. The molecule has 0 N–H and O–H groups in total. The molecule has 2 aromatic heterocycles. The van der Waals surface area contributed by atoms with Crippen LogP contribution in [0.25, 0.3) is 21.9 Å². The van der Waals surface area contributed by atoms with Crippen molar-refractivity contribution in [3.05, 3.63) is 64.6 Å². The van der Waals surface area contributed by atoms with E-state index in [4.69, 9.17) is 19.1 Å². The highest BCUT2D eigenvalue weighted by Crippen LogP contribution is 2.36. The lowest BCUT2D eigenvalue weighted by molar-refractivity contribution is 0.253. The van der Waals surface area contributed by atoms with Gasteiger partial charge in [0.1, 0.15) is 17.7 Å². The van der Waals surface area contributed by atoms with Crippen molar-refractivity contribution < 1.29 is 9.15 Å². The van der Waals surface area contributed by atoms with Crippen LogP contribution in [0.3, 0.4) is 0 Å². The molecule has 2 atom stereocenters. The molecule has 0 fully saturated rings. The summed E-state index contributed by atoms with van der Waals surface area (Å²) in [5.41, 5.74) is 4.43. The van der Waals surface area contributed by atoms with Gasteiger partial charge in [-0.05, 0) is 52.3 Å². The van der Waals surface area contributed by atoms with Crippen molar-refractivity contribution in [3.63, 3.8) is 0 Å². The maximum absolute atomic E-state index is 6.15. The fourth-order valence-corrected chi connectivity index (χ4v) is 4.72. The van der Waals surface area contributed by atoms with Gasteiger partial charge in [0.05, 0.1) is 9.75 Å². The predicted molar refractivity (Wildman–Crippen MR) is 128 cm³/mol. The number of benzene rings is 1. The van der Waals surface area contributed by atoms with Crippen molar-refractivity contribution in [1.82, 2.24) is 4.98 Å². The first-order valence-corrected chi connectivity index (χ1v) is 11.6. The summed E-state index contributed by atoms with van der Waals surface area (Å²) < 4.78 is 12.2. The van der Waals surface area contributed by atoms with Crippen molar-refractivity contribution >= 4 is 28.3 Å². The molecule has 0 bridgehead atoms. The summed E-state index contributed by atoms with van der Waals surface area (Å²) in [5, 5.41) is 0. The number of aromatic nitrogens is 1. The molecule has 3 aromatic rings. The maximum atomic E-state index is 6.15. The third kappa shape index (κ3) is 3.76. The Hall–Kier alpha value is -2.66. The van der Waals surface area contributed by atoms with Gasteiger partial charge in [-0.25, -0.2) is 9.98 Å². The second-order valence-corrected chi connectivity index (χ2v) is 11.4. The molecule has 2 unspecified atom stereocenters. The summed E-state index contributed by atoms with van der Waals surface area (Å²) in [6.07, 6.45) is 6.51. The molecule has 160 valence electrons. The van der Waals surface area contributed by atoms with Gasteiger partial charge in [-0.1, -0.05) is 59.8 Å². The van der Waals surface area contributed by atoms with Crippen LogP contribution >= 0.6 is 11.3 Å². The molecule has 1 aromatic carbocycles. The number of rotatable bonds is 2. The Labute approximate surface area is 187 Å². The Balaban J connectivity index is 1.42. The fourth-order valence-electron chi connectivity index (χ4n) is 3.85. The third-order valence-electron chi connectivity index (χ3n) is 5.81. The zero-order valence-corrected chi connectivity index (χ0v) is 19.7. The number of allylic oxidation sites excluding steroid dienone is 2. The van der Waals surface area contributed by atoms with Crippen molar-refractivity contribution in [2.75, 3.05) is 0 Å². The minimum atomic E-state index is -0.0215. The first-order chi connectivity index (χ1) is 14.6. The van der Waals surface area contributed by atoms with E-state index < -0.39 is 0 Å². The average Bonchev–Trinajstić information content (AvgIpc) is 3.41. The Bertz CT molecular complexity index is 1240. The molecule has 3 heterocycles. The van der Waals surface area contributed by atoms with E-state index in [1.54, 1.807) is 11.3 Å². The Morgan fingerprint density at radius 1 is 0.935 bits per heavy atom. The summed E-state index contributed by atoms with van der Waals surface area (Å²) >= 11 is 1.60. The molecule has 1 aliphatic carbocycles. The zero-order chi connectivity index (χ0) is 22.0. The number of fused-ring (bicyclic) bond motifs is 2. The van der Waals surface area contributed by atoms with Crippen LogP contribution in [0.5, 0.6) is 0 Å². The number of thiophene rings is 1. The topological polar surface area (TPSA) is 47.6 Å². The highest BCUT2D eigenvalue weighted by molar-refractivity contribution is 7.17. The Kier molecular flexibility index (Phi) is 4.52. The molecule has 0 spiro atoms. The van der Waals surface area contributed by atoms with Crippen LogP contribution in [-0.4, -0.2) is 23.0 Å². The largest absolute Gasteiger partial charge is 0.467 e. The van der Waals surface area contributed by atoms with Crippen LogP contribution in [-0.2, 0) is 10.2 Å². The van der Waals surface area contributed by atoms with Crippen molar-refractivity contribution in [2.24, 2.45) is 10.4 Å². The molecule has 0 saturated carbocycles. The van der Waals surface area contributed by atoms with Gasteiger partial charge in [0.25, 0.3) is 0 Å². The highest BCUT2D eigenvalue weighted by Gasteiger charge is 2.33. The zero-order valence-electron chi connectivity index (χ0n) is 18.9. The summed E-state index contributed by atoms with van der Waals surface area (Å²) in [5.74, 6) is 1.34. The van der Waals surface area contributed by atoms with Crippen LogP contribution in [0.2, 0.25) is 0 Å². The Morgan fingerprint density at radius 2 is 1.71 bits per heavy atom. The van der Waals surface area contributed by atoms with Gasteiger partial charge < -0.3 is 9.15 Å². The lowest BCUT2D eigenvalue weighted by atomic mass is 9.82. The standard InChI is InChI=1S/C26H28N2O2S/c1-25(2,3)15-7-9-19-17(13-15)27-23(29-19)21-11-12-22(31-21)24-28-18-14-16(26(4,5)6)8-10-20(18)30-24/h7-14,17,19H,1-6H3. The molecule has 0 amide bonds. The molecule has 31 heavy (non-hydrogen) atoms. The first kappa shape index (κ1) is 20.3. The van der Waals surface area contributed by atoms with E-state index in [1.807, 2.05) is 18.2 Å². The van der Waals surface area contributed by atoms with Gasteiger partial charge in [-0.15, -0.1) is 11.3 Å². The van der Waals surface area contributed by atoms with Crippen molar-refractivity contribution in [2.45, 2.75) is 59.1 Å². The predicted octanol–water partition coefficient (Wildman–Crippen LogP) is 6.91. The van der Waals surface area contributed by atoms with Gasteiger partial charge in [-0.3, -0.25) is 0 Å². The van der Waals surface area contributed by atoms with E-state index in [9.17, 15) is 0 Å². The molecule has 5 rings (SSSR count). The molecular weight excluding hydrogens is 404 g/mol. The first-order valence-electron chi connectivity index (χ1n) is 10.7. The summed E-state index contributed by atoms with van der Waals surface area (Å²) in [4.78, 5) is 11.6. The minimum absolute atomic E-state index is 0.0215. The summed E-state index contributed by atoms with van der Waals surface area (Å²) in [6.45, 7) is 13.3. The fraction of sp³-hybridized carbons (Fsp3) is 0.385. The van der Waals surface area contributed by atoms with E-state index >= 15 is 0 Å². The highest BCUT2D eigenvalue weighted by atomic mass is 32.1. The van der Waals surface area contributed by atoms with Crippen LogP contribution < -0.4 is 0 Å². The van der Waals surface area contributed by atoms with E-state index in [1.165, 1.54) is 11.1 Å². The van der Waals surface area contributed by atoms with Crippen LogP contribution in [0, 0.1) is 5.41 Å². The van der Waals surface area contributed by atoms with Gasteiger partial charge >= 0.3 is 0 Å². The number of ether oxygens (including phenoxy) is 1. The van der Waals surface area contributed by atoms with Gasteiger partial charge in [0, 0.05) is 0 Å². The molecule has 2 aliphatic rings. The maximum Gasteiger partial charge on any atom is 0.237 e. The number of oxazole rings is 1. The molecular formula is C26H28N2O2S. The number of hydrogen-bond donors (Lipinski definition) is 0. The van der Waals surface area contributed by atoms with Gasteiger partial charge in [0.15, 0.2) is 5.58 Å².